The summed E-state index contributed by atoms with van der Waals surface area (Å²) in [5, 5.41) is 17.8. The van der Waals surface area contributed by atoms with Crippen LogP contribution in [0.2, 0.25) is 0 Å². The number of benzene rings is 2. The van der Waals surface area contributed by atoms with E-state index in [4.69, 9.17) is 10.00 Å². The lowest BCUT2D eigenvalue weighted by molar-refractivity contribution is -0.137. The van der Waals surface area contributed by atoms with Crippen molar-refractivity contribution in [3.05, 3.63) is 83.7 Å². The van der Waals surface area contributed by atoms with Crippen molar-refractivity contribution in [1.29, 1.82) is 5.26 Å². The number of pyridine rings is 1. The molecule has 0 fully saturated rings. The van der Waals surface area contributed by atoms with Gasteiger partial charge in [0, 0.05) is 17.3 Å². The Balaban J connectivity index is 1.76. The van der Waals surface area contributed by atoms with Crippen LogP contribution in [0, 0.1) is 18.3 Å². The van der Waals surface area contributed by atoms with Crippen molar-refractivity contribution >= 4 is 5.65 Å². The number of nitrogens with zero attached hydrogens (tertiary/aromatic N) is 6. The summed E-state index contributed by atoms with van der Waals surface area (Å²) in [5.74, 6) is 0. The quantitative estimate of drug-likeness (QED) is 0.346. The molecule has 2 aromatic carbocycles. The molecule has 0 atom stereocenters. The monoisotopic (exact) mass is 474 g/mol. The van der Waals surface area contributed by atoms with Gasteiger partial charge in [-0.05, 0) is 60.5 Å². The molecule has 0 radical (unpaired) electrons. The minimum Gasteiger partial charge on any atom is -0.466 e. The van der Waals surface area contributed by atoms with Crippen LogP contribution in [0.1, 0.15) is 16.7 Å². The summed E-state index contributed by atoms with van der Waals surface area (Å²) in [6, 6.07) is 16.0. The molecule has 0 saturated heterocycles. The maximum atomic E-state index is 13.5. The second-order valence-electron chi connectivity index (χ2n) is 7.77. The summed E-state index contributed by atoms with van der Waals surface area (Å²) < 4.78 is 48.8. The topological polar surface area (TPSA) is 81.0 Å². The van der Waals surface area contributed by atoms with Gasteiger partial charge in [-0.1, -0.05) is 12.1 Å². The van der Waals surface area contributed by atoms with E-state index < -0.39 is 11.7 Å². The maximum Gasteiger partial charge on any atom is 0.416 e. The molecular weight excluding hydrogens is 457 g/mol. The summed E-state index contributed by atoms with van der Waals surface area (Å²) in [6.07, 6.45) is -1.12. The fraction of sp³-hybridized carbons (Fsp3) is 0.120. The molecule has 5 aromatic rings. The van der Waals surface area contributed by atoms with E-state index in [0.29, 0.717) is 39.2 Å². The molecule has 0 N–H and O–H groups in total. The zero-order valence-corrected chi connectivity index (χ0v) is 18.6. The molecule has 174 valence electrons. The standard InChI is InChI=1S/C25H17F3N6O/c1-15-20(21-10-11-30-34(21)19-8-6-16(13-29)7-9-19)14-33-23(31-24(32-33)35-2)22(15)17-4-3-5-18(12-17)25(26,27)28/h3-12,14H,1-2H3. The van der Waals surface area contributed by atoms with Gasteiger partial charge in [0.2, 0.25) is 0 Å². The van der Waals surface area contributed by atoms with Gasteiger partial charge in [0.15, 0.2) is 5.65 Å². The Kier molecular flexibility index (Phi) is 5.25. The summed E-state index contributed by atoms with van der Waals surface area (Å²) in [7, 11) is 1.42. The molecule has 35 heavy (non-hydrogen) atoms. The minimum absolute atomic E-state index is 0.0929. The van der Waals surface area contributed by atoms with Crippen LogP contribution in [0.5, 0.6) is 6.01 Å². The Hall–Kier alpha value is -4.65. The van der Waals surface area contributed by atoms with Crippen LogP contribution in [-0.4, -0.2) is 31.5 Å². The fourth-order valence-corrected chi connectivity index (χ4v) is 4.02. The third kappa shape index (κ3) is 3.87. The summed E-state index contributed by atoms with van der Waals surface area (Å²) in [6.45, 7) is 1.82. The lowest BCUT2D eigenvalue weighted by Crippen LogP contribution is -2.06. The van der Waals surface area contributed by atoms with Crippen molar-refractivity contribution in [2.75, 3.05) is 7.11 Å². The average Bonchev–Trinajstić information content (AvgIpc) is 3.50. The van der Waals surface area contributed by atoms with Crippen LogP contribution in [0.15, 0.2) is 67.0 Å². The Morgan fingerprint density at radius 1 is 1.06 bits per heavy atom. The molecule has 0 saturated carbocycles. The van der Waals surface area contributed by atoms with Gasteiger partial charge < -0.3 is 4.74 Å². The Labute approximate surface area is 197 Å². The van der Waals surface area contributed by atoms with E-state index in [0.717, 1.165) is 17.8 Å². The molecular formula is C25H17F3N6O. The summed E-state index contributed by atoms with van der Waals surface area (Å²) >= 11 is 0. The lowest BCUT2D eigenvalue weighted by atomic mass is 9.95. The van der Waals surface area contributed by atoms with Gasteiger partial charge in [0.05, 0.1) is 41.9 Å². The third-order valence-electron chi connectivity index (χ3n) is 5.69. The number of fused-ring (bicyclic) bond motifs is 1. The van der Waals surface area contributed by atoms with Crippen LogP contribution in [0.3, 0.4) is 0 Å². The van der Waals surface area contributed by atoms with E-state index >= 15 is 0 Å². The number of halogens is 3. The first kappa shape index (κ1) is 22.2. The predicted molar refractivity (Wildman–Crippen MR) is 122 cm³/mol. The van der Waals surface area contributed by atoms with Crippen LogP contribution in [-0.2, 0) is 6.18 Å². The molecule has 0 aliphatic heterocycles. The SMILES string of the molecule is COc1nc2c(-c3cccc(C(F)(F)F)c3)c(C)c(-c3ccnn3-c3ccc(C#N)cc3)cn2n1. The van der Waals surface area contributed by atoms with Crippen molar-refractivity contribution in [2.45, 2.75) is 13.1 Å². The molecule has 3 heterocycles. The van der Waals surface area contributed by atoms with Gasteiger partial charge in [-0.25, -0.2) is 9.20 Å². The molecule has 7 nitrogen and oxygen atoms in total. The van der Waals surface area contributed by atoms with Crippen LogP contribution >= 0.6 is 0 Å². The number of aromatic nitrogens is 5. The van der Waals surface area contributed by atoms with E-state index in [1.165, 1.54) is 17.7 Å². The zero-order chi connectivity index (χ0) is 24.7. The normalized spacial score (nSPS) is 11.5. The summed E-state index contributed by atoms with van der Waals surface area (Å²) in [5.41, 5.74) is 3.78. The first-order chi connectivity index (χ1) is 16.8. The Morgan fingerprint density at radius 3 is 2.51 bits per heavy atom. The third-order valence-corrected chi connectivity index (χ3v) is 5.69. The van der Waals surface area contributed by atoms with Crippen LogP contribution in [0.25, 0.3) is 33.7 Å². The highest BCUT2D eigenvalue weighted by atomic mass is 19.4. The first-order valence-corrected chi connectivity index (χ1v) is 10.5. The Bertz CT molecular complexity index is 1590. The van der Waals surface area contributed by atoms with Crippen LogP contribution < -0.4 is 4.74 Å². The Morgan fingerprint density at radius 2 is 1.83 bits per heavy atom. The van der Waals surface area contributed by atoms with E-state index in [9.17, 15) is 13.2 Å². The number of hydrogen-bond acceptors (Lipinski definition) is 5. The maximum absolute atomic E-state index is 13.5. The van der Waals surface area contributed by atoms with Gasteiger partial charge in [-0.15, -0.1) is 5.10 Å². The minimum atomic E-state index is -4.49. The molecule has 0 amide bonds. The molecule has 0 unspecified atom stereocenters. The van der Waals surface area contributed by atoms with Gasteiger partial charge in [0.25, 0.3) is 0 Å². The number of alkyl halides is 3. The van der Waals surface area contributed by atoms with Gasteiger partial charge in [-0.3, -0.25) is 0 Å². The average molecular weight is 474 g/mol. The fourth-order valence-electron chi connectivity index (χ4n) is 4.02. The molecule has 5 rings (SSSR count). The number of ether oxygens (including phenoxy) is 1. The molecule has 0 spiro atoms. The second kappa shape index (κ2) is 8.29. The smallest absolute Gasteiger partial charge is 0.416 e. The highest BCUT2D eigenvalue weighted by Crippen LogP contribution is 2.38. The van der Waals surface area contributed by atoms with Crippen molar-refractivity contribution in [3.63, 3.8) is 0 Å². The van der Waals surface area contributed by atoms with Crippen LogP contribution in [0.4, 0.5) is 13.2 Å². The number of hydrogen-bond donors (Lipinski definition) is 0. The van der Waals surface area contributed by atoms with E-state index in [1.807, 2.05) is 6.92 Å². The first-order valence-electron chi connectivity index (χ1n) is 10.5. The van der Waals surface area contributed by atoms with Crippen molar-refractivity contribution in [2.24, 2.45) is 0 Å². The molecule has 10 heteroatoms. The second-order valence-corrected chi connectivity index (χ2v) is 7.77. The molecule has 0 aliphatic rings. The molecule has 0 bridgehead atoms. The zero-order valence-electron chi connectivity index (χ0n) is 18.6. The van der Waals surface area contributed by atoms with Crippen molar-refractivity contribution in [1.82, 2.24) is 24.4 Å². The largest absolute Gasteiger partial charge is 0.466 e. The molecule has 0 aliphatic carbocycles. The number of nitriles is 1. The van der Waals surface area contributed by atoms with Gasteiger partial charge in [-0.2, -0.15) is 28.5 Å². The number of methoxy groups -OCH3 is 1. The number of rotatable bonds is 4. The van der Waals surface area contributed by atoms with Gasteiger partial charge in [0.1, 0.15) is 0 Å². The van der Waals surface area contributed by atoms with E-state index in [-0.39, 0.29) is 6.01 Å². The van der Waals surface area contributed by atoms with Crippen molar-refractivity contribution < 1.29 is 17.9 Å². The van der Waals surface area contributed by atoms with Crippen molar-refractivity contribution in [3.8, 4) is 40.2 Å². The van der Waals surface area contributed by atoms with E-state index in [2.05, 4.69) is 21.3 Å². The van der Waals surface area contributed by atoms with Gasteiger partial charge >= 0.3 is 12.2 Å². The lowest BCUT2D eigenvalue weighted by Gasteiger charge is -2.16. The highest BCUT2D eigenvalue weighted by molar-refractivity contribution is 5.86. The summed E-state index contributed by atoms with van der Waals surface area (Å²) in [4.78, 5) is 4.38. The van der Waals surface area contributed by atoms with E-state index in [1.54, 1.807) is 53.5 Å². The predicted octanol–water partition coefficient (Wildman–Crippen LogP) is 5.46. The molecule has 3 aromatic heterocycles. The highest BCUT2D eigenvalue weighted by Gasteiger charge is 2.31.